The van der Waals surface area contributed by atoms with Gasteiger partial charge in [0.25, 0.3) is 0 Å². The van der Waals surface area contributed by atoms with Gasteiger partial charge < -0.3 is 15.8 Å². The summed E-state index contributed by atoms with van der Waals surface area (Å²) in [5.74, 6) is -0.566. The number of esters is 1. The number of rotatable bonds is 5. The molecule has 0 aliphatic rings. The second-order valence-corrected chi connectivity index (χ2v) is 4.46. The van der Waals surface area contributed by atoms with Crippen LogP contribution in [-0.2, 0) is 4.74 Å². The van der Waals surface area contributed by atoms with Gasteiger partial charge in [0, 0.05) is 6.54 Å². The van der Waals surface area contributed by atoms with Crippen LogP contribution in [0.5, 0.6) is 0 Å². The van der Waals surface area contributed by atoms with E-state index in [1.54, 1.807) is 6.92 Å². The van der Waals surface area contributed by atoms with Gasteiger partial charge in [-0.25, -0.2) is 4.79 Å². The lowest BCUT2D eigenvalue weighted by Crippen LogP contribution is -2.14. The molecule has 0 fully saturated rings. The van der Waals surface area contributed by atoms with Crippen molar-refractivity contribution >= 4 is 28.0 Å². The van der Waals surface area contributed by atoms with Crippen LogP contribution in [-0.4, -0.2) is 25.3 Å². The number of nitrogens with one attached hydrogen (secondary N) is 1. The number of nitrogen functional groups attached to an aromatic ring is 1. The molecule has 1 heterocycles. The van der Waals surface area contributed by atoms with E-state index in [4.69, 9.17) is 10.5 Å². The monoisotopic (exact) mass is 282 g/mol. The van der Waals surface area contributed by atoms with Crippen molar-refractivity contribution in [3.8, 4) is 0 Å². The Labute approximate surface area is 106 Å². The van der Waals surface area contributed by atoms with Gasteiger partial charge in [-0.1, -0.05) is 0 Å². The van der Waals surface area contributed by atoms with E-state index in [1.165, 1.54) is 6.07 Å². The average molecular weight is 282 g/mol. The number of nitrogens with two attached hydrogens (primary N) is 1. The summed E-state index contributed by atoms with van der Waals surface area (Å²) in [4.78, 5) is 11.6. The second kappa shape index (κ2) is 5.94. The Kier molecular flexibility index (Phi) is 4.83. The highest BCUT2D eigenvalue weighted by Gasteiger charge is 2.26. The van der Waals surface area contributed by atoms with Gasteiger partial charge in [0.2, 0.25) is 0 Å². The van der Waals surface area contributed by atoms with Gasteiger partial charge >= 0.3 is 12.1 Å². The zero-order valence-electron chi connectivity index (χ0n) is 9.63. The molecule has 1 aromatic heterocycles. The van der Waals surface area contributed by atoms with Gasteiger partial charge in [0.1, 0.15) is 4.88 Å². The zero-order chi connectivity index (χ0) is 13.8. The fourth-order valence-corrected chi connectivity index (χ4v) is 2.07. The molecule has 0 atom stereocenters. The number of carbonyl (C=O) groups is 1. The van der Waals surface area contributed by atoms with E-state index in [9.17, 15) is 18.0 Å². The van der Waals surface area contributed by atoms with E-state index < -0.39 is 18.6 Å². The van der Waals surface area contributed by atoms with Crippen LogP contribution in [0.25, 0.3) is 0 Å². The Morgan fingerprint density at radius 2 is 2.22 bits per heavy atom. The van der Waals surface area contributed by atoms with Crippen molar-refractivity contribution in [1.29, 1.82) is 0 Å². The summed E-state index contributed by atoms with van der Waals surface area (Å²) in [6, 6.07) is 1.42. The predicted molar refractivity (Wildman–Crippen MR) is 63.8 cm³/mol. The number of alkyl halides is 3. The van der Waals surface area contributed by atoms with Crippen LogP contribution >= 0.6 is 11.3 Å². The summed E-state index contributed by atoms with van der Waals surface area (Å²) >= 11 is 0.980. The highest BCUT2D eigenvalue weighted by Crippen LogP contribution is 2.30. The molecular formula is C10H13F3N2O2S. The number of ether oxygens (including phenoxy) is 1. The minimum Gasteiger partial charge on any atom is -0.462 e. The van der Waals surface area contributed by atoms with Crippen molar-refractivity contribution in [3.05, 3.63) is 10.9 Å². The third kappa shape index (κ3) is 4.44. The van der Waals surface area contributed by atoms with Gasteiger partial charge in [-0.2, -0.15) is 13.2 Å². The molecule has 1 aromatic rings. The summed E-state index contributed by atoms with van der Waals surface area (Å²) < 4.78 is 40.6. The van der Waals surface area contributed by atoms with Gasteiger partial charge in [-0.3, -0.25) is 0 Å². The normalized spacial score (nSPS) is 11.3. The van der Waals surface area contributed by atoms with Crippen LogP contribution in [0.1, 0.15) is 23.0 Å². The number of hydrogen-bond donors (Lipinski definition) is 2. The van der Waals surface area contributed by atoms with Crippen LogP contribution in [0.4, 0.5) is 23.9 Å². The zero-order valence-corrected chi connectivity index (χ0v) is 10.5. The Hall–Kier alpha value is -1.44. The number of halogens is 3. The molecule has 8 heteroatoms. The lowest BCUT2D eigenvalue weighted by Gasteiger charge is -2.06. The number of anilines is 2. The molecule has 0 aromatic carbocycles. The minimum absolute atomic E-state index is 0.200. The molecule has 0 bridgehead atoms. The summed E-state index contributed by atoms with van der Waals surface area (Å²) in [7, 11) is 0. The second-order valence-electron chi connectivity index (χ2n) is 3.41. The first kappa shape index (κ1) is 14.6. The first-order chi connectivity index (χ1) is 8.33. The summed E-state index contributed by atoms with van der Waals surface area (Å²) in [6.45, 7) is 1.61. The van der Waals surface area contributed by atoms with Crippen molar-refractivity contribution in [1.82, 2.24) is 0 Å². The highest BCUT2D eigenvalue weighted by molar-refractivity contribution is 7.18. The third-order valence-electron chi connectivity index (χ3n) is 1.93. The molecule has 3 N–H and O–H groups in total. The molecule has 0 aliphatic carbocycles. The quantitative estimate of drug-likeness (QED) is 0.815. The van der Waals surface area contributed by atoms with E-state index in [0.717, 1.165) is 11.3 Å². The molecule has 0 aliphatic heterocycles. The molecule has 18 heavy (non-hydrogen) atoms. The highest BCUT2D eigenvalue weighted by atomic mass is 32.1. The molecule has 4 nitrogen and oxygen atoms in total. The van der Waals surface area contributed by atoms with Gasteiger partial charge in [0.15, 0.2) is 0 Å². The minimum atomic E-state index is -4.21. The van der Waals surface area contributed by atoms with E-state index in [2.05, 4.69) is 5.32 Å². The molecule has 0 radical (unpaired) electrons. The van der Waals surface area contributed by atoms with Crippen molar-refractivity contribution < 1.29 is 22.7 Å². The maximum Gasteiger partial charge on any atom is 0.390 e. The maximum atomic E-state index is 11.9. The number of carbonyl (C=O) groups excluding carboxylic acids is 1. The number of thiophene rings is 1. The summed E-state index contributed by atoms with van der Waals surface area (Å²) in [5, 5.41) is 2.99. The molecule has 0 saturated heterocycles. The van der Waals surface area contributed by atoms with Crippen LogP contribution in [0, 0.1) is 0 Å². The van der Waals surface area contributed by atoms with Crippen LogP contribution < -0.4 is 11.1 Å². The smallest absolute Gasteiger partial charge is 0.390 e. The number of hydrogen-bond acceptors (Lipinski definition) is 5. The van der Waals surface area contributed by atoms with Crippen molar-refractivity contribution in [2.24, 2.45) is 0 Å². The third-order valence-corrected chi connectivity index (χ3v) is 3.02. The topological polar surface area (TPSA) is 64.3 Å². The van der Waals surface area contributed by atoms with Crippen LogP contribution in [0.15, 0.2) is 6.07 Å². The van der Waals surface area contributed by atoms with Crippen molar-refractivity contribution in [3.63, 3.8) is 0 Å². The Morgan fingerprint density at radius 1 is 1.56 bits per heavy atom. The van der Waals surface area contributed by atoms with Gasteiger partial charge in [0.05, 0.1) is 23.7 Å². The lowest BCUT2D eigenvalue weighted by molar-refractivity contribution is -0.131. The molecule has 0 amide bonds. The van der Waals surface area contributed by atoms with E-state index in [0.29, 0.717) is 5.00 Å². The van der Waals surface area contributed by atoms with E-state index in [1.807, 2.05) is 0 Å². The lowest BCUT2D eigenvalue weighted by atomic mass is 10.4. The van der Waals surface area contributed by atoms with Crippen LogP contribution in [0.3, 0.4) is 0 Å². The molecule has 102 valence electrons. The SMILES string of the molecule is CCOC(=O)c1sc(NCCC(F)(F)F)cc1N. The molecule has 0 unspecified atom stereocenters. The Bertz CT molecular complexity index is 418. The maximum absolute atomic E-state index is 11.9. The van der Waals surface area contributed by atoms with Gasteiger partial charge in [-0.05, 0) is 13.0 Å². The van der Waals surface area contributed by atoms with Gasteiger partial charge in [-0.15, -0.1) is 11.3 Å². The molecule has 0 saturated carbocycles. The predicted octanol–water partition coefficient (Wildman–Crippen LogP) is 2.87. The Morgan fingerprint density at radius 3 is 2.78 bits per heavy atom. The van der Waals surface area contributed by atoms with Crippen molar-refractivity contribution in [2.45, 2.75) is 19.5 Å². The fourth-order valence-electron chi connectivity index (χ4n) is 1.18. The first-order valence-corrected chi connectivity index (χ1v) is 6.02. The Balaban J connectivity index is 2.59. The molecule has 1 rings (SSSR count). The molecule has 0 spiro atoms. The van der Waals surface area contributed by atoms with E-state index >= 15 is 0 Å². The first-order valence-electron chi connectivity index (χ1n) is 5.20. The largest absolute Gasteiger partial charge is 0.462 e. The summed E-state index contributed by atoms with van der Waals surface area (Å²) in [5.41, 5.74) is 5.78. The standard InChI is InChI=1S/C10H13F3N2O2S/c1-2-17-9(16)8-6(14)5-7(18-8)15-4-3-10(11,12)13/h5,15H,2-4,14H2,1H3. The fraction of sp³-hybridized carbons (Fsp3) is 0.500. The molecular weight excluding hydrogens is 269 g/mol. The van der Waals surface area contributed by atoms with Crippen molar-refractivity contribution in [2.75, 3.05) is 24.2 Å². The van der Waals surface area contributed by atoms with E-state index in [-0.39, 0.29) is 23.7 Å². The summed E-state index contributed by atoms with van der Waals surface area (Å²) in [6.07, 6.45) is -5.15. The average Bonchev–Trinajstić information content (AvgIpc) is 2.58. The van der Waals surface area contributed by atoms with Crippen LogP contribution in [0.2, 0.25) is 0 Å².